The topological polar surface area (TPSA) is 115 Å². The van der Waals surface area contributed by atoms with Crippen molar-refractivity contribution >= 4 is 13.6 Å². The Morgan fingerprint density at radius 3 is 2.67 bits per heavy atom. The van der Waals surface area contributed by atoms with E-state index < -0.39 is 56.5 Å². The molecule has 2 N–H and O–H groups in total. The summed E-state index contributed by atoms with van der Waals surface area (Å²) < 4.78 is 89.2. The van der Waals surface area contributed by atoms with Crippen molar-refractivity contribution in [2.24, 2.45) is 0 Å². The number of ether oxygens (including phenoxy) is 1. The Morgan fingerprint density at radius 1 is 1.44 bits per heavy atom. The van der Waals surface area contributed by atoms with Crippen molar-refractivity contribution in [3.63, 3.8) is 0 Å². The van der Waals surface area contributed by atoms with Crippen LogP contribution in [0.1, 0.15) is 20.1 Å². The molecule has 27 heavy (non-hydrogen) atoms. The van der Waals surface area contributed by atoms with Crippen LogP contribution in [0.4, 0.5) is 23.4 Å². The zero-order chi connectivity index (χ0) is 20.2. The molecule has 1 unspecified atom stereocenters. The van der Waals surface area contributed by atoms with Gasteiger partial charge < -0.3 is 10.5 Å². The fourth-order valence-electron chi connectivity index (χ4n) is 2.80. The van der Waals surface area contributed by atoms with Gasteiger partial charge in [0.1, 0.15) is 5.82 Å². The van der Waals surface area contributed by atoms with Crippen LogP contribution in [0.5, 0.6) is 0 Å². The molecule has 0 bridgehead atoms. The predicted octanol–water partition coefficient (Wildman–Crippen LogP) is 1.94. The van der Waals surface area contributed by atoms with Gasteiger partial charge in [-0.1, -0.05) is 0 Å². The number of nitrogens with zero attached hydrogens (tertiary/aromatic N) is 2. The van der Waals surface area contributed by atoms with Crippen LogP contribution >= 0.6 is 7.82 Å². The number of halogens is 4. The number of alkyl halides is 4. The molecule has 9 nitrogen and oxygen atoms in total. The summed E-state index contributed by atoms with van der Waals surface area (Å²) in [5.74, 6) is -4.45. The third-order valence-corrected chi connectivity index (χ3v) is 5.54. The molecule has 2 saturated heterocycles. The first kappa shape index (κ1) is 20.2. The summed E-state index contributed by atoms with van der Waals surface area (Å²) in [7, 11) is -4.56. The summed E-state index contributed by atoms with van der Waals surface area (Å²) in [6.07, 6.45) is -8.65. The van der Waals surface area contributed by atoms with E-state index in [1.807, 2.05) is 0 Å². The molecule has 1 aromatic heterocycles. The van der Waals surface area contributed by atoms with Crippen molar-refractivity contribution in [3.8, 4) is 0 Å². The summed E-state index contributed by atoms with van der Waals surface area (Å²) in [6, 6.07) is 1.02. The molecule has 4 atom stereocenters. The number of nitrogens with two attached hydrogens (primary N) is 1. The van der Waals surface area contributed by atoms with Gasteiger partial charge in [0.05, 0.1) is 12.7 Å². The van der Waals surface area contributed by atoms with Gasteiger partial charge in [-0.15, -0.1) is 0 Å². The van der Waals surface area contributed by atoms with E-state index in [9.17, 15) is 26.9 Å². The Balaban J connectivity index is 2.05. The molecular weight excluding hydrogens is 401 g/mol. The van der Waals surface area contributed by atoms with Crippen LogP contribution in [0, 0.1) is 0 Å². The first-order chi connectivity index (χ1) is 12.4. The first-order valence-electron chi connectivity index (χ1n) is 7.71. The average molecular weight is 417 g/mol. The number of phosphoric ester groups is 1. The van der Waals surface area contributed by atoms with E-state index in [0.29, 0.717) is 4.57 Å². The summed E-state index contributed by atoms with van der Waals surface area (Å²) in [5.41, 5.74) is 1.08. The Bertz CT molecular complexity index is 837. The minimum atomic E-state index is -4.56. The second-order valence-electron chi connectivity index (χ2n) is 6.30. The molecule has 3 rings (SSSR count). The number of fused-ring (bicyclic) bond motifs is 1. The van der Waals surface area contributed by atoms with Crippen molar-refractivity contribution in [3.05, 3.63) is 22.7 Å². The van der Waals surface area contributed by atoms with Crippen LogP contribution in [-0.2, 0) is 22.9 Å². The van der Waals surface area contributed by atoms with E-state index in [4.69, 9.17) is 24.0 Å². The molecule has 2 aliphatic heterocycles. The number of nitrogen functional groups attached to an aromatic ring is 1. The molecule has 0 aliphatic carbocycles. The minimum absolute atomic E-state index is 0.257. The lowest BCUT2D eigenvalue weighted by Crippen LogP contribution is -2.57. The molecule has 2 aliphatic rings. The molecule has 0 amide bonds. The number of phosphoric acid groups is 1. The van der Waals surface area contributed by atoms with Crippen LogP contribution in [0.3, 0.4) is 0 Å². The minimum Gasteiger partial charge on any atom is -0.383 e. The maximum Gasteiger partial charge on any atom is 0.475 e. The van der Waals surface area contributed by atoms with Crippen LogP contribution in [0.2, 0.25) is 0 Å². The molecule has 0 aromatic carbocycles. The third-order valence-electron chi connectivity index (χ3n) is 3.95. The molecule has 3 heterocycles. The summed E-state index contributed by atoms with van der Waals surface area (Å²) in [4.78, 5) is 15.2. The maximum absolute atomic E-state index is 15.0. The van der Waals surface area contributed by atoms with Gasteiger partial charge in [0, 0.05) is 6.20 Å². The van der Waals surface area contributed by atoms with Gasteiger partial charge >= 0.3 is 19.4 Å². The highest BCUT2D eigenvalue weighted by Gasteiger charge is 2.75. The second-order valence-corrected chi connectivity index (χ2v) is 7.88. The lowest BCUT2D eigenvalue weighted by molar-refractivity contribution is -0.209. The van der Waals surface area contributed by atoms with E-state index in [1.54, 1.807) is 0 Å². The van der Waals surface area contributed by atoms with Crippen LogP contribution in [0.25, 0.3) is 0 Å². The Hall–Kier alpha value is -1.53. The second kappa shape index (κ2) is 6.52. The number of aromatic nitrogens is 2. The third kappa shape index (κ3) is 3.27. The van der Waals surface area contributed by atoms with Gasteiger partial charge in [-0.2, -0.15) is 13.8 Å². The van der Waals surface area contributed by atoms with E-state index >= 15 is 0 Å². The van der Waals surface area contributed by atoms with E-state index in [-0.39, 0.29) is 5.82 Å². The van der Waals surface area contributed by atoms with Crippen LogP contribution in [-0.4, -0.2) is 46.3 Å². The van der Waals surface area contributed by atoms with Gasteiger partial charge in [0.15, 0.2) is 11.7 Å². The highest BCUT2D eigenvalue weighted by atomic mass is 31.2. The van der Waals surface area contributed by atoms with Gasteiger partial charge in [0.2, 0.25) is 6.23 Å². The fraction of sp³-hybridized carbons (Fsp3) is 0.692. The highest BCUT2D eigenvalue weighted by Crippen LogP contribution is 2.64. The molecule has 1 aromatic rings. The Kier molecular flexibility index (Phi) is 4.88. The maximum atomic E-state index is 15.0. The van der Waals surface area contributed by atoms with Gasteiger partial charge in [-0.05, 0) is 19.9 Å². The largest absolute Gasteiger partial charge is 0.475 e. The Morgan fingerprint density at radius 2 is 2.11 bits per heavy atom. The summed E-state index contributed by atoms with van der Waals surface area (Å²) >= 11 is 0. The highest BCUT2D eigenvalue weighted by molar-refractivity contribution is 7.48. The average Bonchev–Trinajstić information content (AvgIpc) is 2.75. The molecule has 14 heteroatoms. The molecule has 2 fully saturated rings. The lowest BCUT2D eigenvalue weighted by Gasteiger charge is -2.39. The zero-order valence-electron chi connectivity index (χ0n) is 14.1. The quantitative estimate of drug-likeness (QED) is 0.584. The van der Waals surface area contributed by atoms with E-state index in [2.05, 4.69) is 4.98 Å². The number of hydrogen-bond donors (Lipinski definition) is 1. The predicted molar refractivity (Wildman–Crippen MR) is 81.4 cm³/mol. The number of hydrogen-bond acceptors (Lipinski definition) is 8. The number of rotatable bonds is 4. The van der Waals surface area contributed by atoms with Gasteiger partial charge in [-0.25, -0.2) is 18.1 Å². The first-order valence-corrected chi connectivity index (χ1v) is 9.17. The fourth-order valence-corrected chi connectivity index (χ4v) is 4.43. The lowest BCUT2D eigenvalue weighted by atomic mass is 9.96. The van der Waals surface area contributed by atoms with Gasteiger partial charge in [0.25, 0.3) is 6.43 Å². The monoisotopic (exact) mass is 417 g/mol. The van der Waals surface area contributed by atoms with Gasteiger partial charge in [-0.3, -0.25) is 18.1 Å². The smallest absolute Gasteiger partial charge is 0.383 e. The molecule has 0 saturated carbocycles. The van der Waals surface area contributed by atoms with E-state index in [1.165, 1.54) is 13.8 Å². The SMILES string of the molecule is CC(C)OP1(=O)OC[C@@]2(C(F)F)O[C@@H](n3ccc(N)nc3=O)C(F)(F)[C@@H]2O1. The molecule has 0 spiro atoms. The standard InChI is InChI=1S/C13H16F4N3O6P/c1-6(2)25-27(22)23-5-12(9(14)15)8(26-27)13(16,17)10(24-12)20-4-3-7(18)19-11(20)21/h3-4,6,8-10H,5H2,1-2H3,(H2,18,19,21)/t8-,10-,12-,27?/m1/s1. The normalized spacial score (nSPS) is 35.6. The van der Waals surface area contributed by atoms with Crippen LogP contribution < -0.4 is 11.4 Å². The summed E-state index contributed by atoms with van der Waals surface area (Å²) in [6.45, 7) is 1.66. The van der Waals surface area contributed by atoms with Crippen molar-refractivity contribution < 1.29 is 40.4 Å². The summed E-state index contributed by atoms with van der Waals surface area (Å²) in [5, 5.41) is 0. The number of anilines is 1. The van der Waals surface area contributed by atoms with Crippen molar-refractivity contribution in [1.29, 1.82) is 0 Å². The zero-order valence-corrected chi connectivity index (χ0v) is 14.9. The van der Waals surface area contributed by atoms with Crippen molar-refractivity contribution in [2.75, 3.05) is 12.3 Å². The van der Waals surface area contributed by atoms with Crippen molar-refractivity contribution in [2.45, 2.75) is 50.2 Å². The van der Waals surface area contributed by atoms with Crippen LogP contribution in [0.15, 0.2) is 17.1 Å². The van der Waals surface area contributed by atoms with E-state index in [0.717, 1.165) is 12.3 Å². The molecular formula is C13H16F4N3O6P. The Labute approximate surface area is 150 Å². The molecule has 152 valence electrons. The van der Waals surface area contributed by atoms with Crippen molar-refractivity contribution in [1.82, 2.24) is 9.55 Å². The molecule has 0 radical (unpaired) electrons.